The van der Waals surface area contributed by atoms with Gasteiger partial charge in [0.2, 0.25) is 5.91 Å². The second-order valence-corrected chi connectivity index (χ2v) is 12.6. The number of nitrogens with zero attached hydrogens (tertiary/aromatic N) is 2. The molecule has 238 valence electrons. The lowest BCUT2D eigenvalue weighted by molar-refractivity contribution is -0.146. The van der Waals surface area contributed by atoms with Crippen LogP contribution >= 0.6 is 15.9 Å². The van der Waals surface area contributed by atoms with Crippen molar-refractivity contribution in [2.24, 2.45) is 5.92 Å². The lowest BCUT2D eigenvalue weighted by atomic mass is 9.83. The number of likely N-dealkylation sites (tertiary alicyclic amines) is 2. The minimum Gasteiger partial charge on any atom is -0.501 e. The highest BCUT2D eigenvalue weighted by molar-refractivity contribution is 9.10. The molecule has 1 aliphatic carbocycles. The first kappa shape index (κ1) is 33.5. The summed E-state index contributed by atoms with van der Waals surface area (Å²) in [5.74, 6) is -0.257. The fraction of sp³-hybridized carbons (Fsp3) is 0.667. The molecule has 0 bridgehead atoms. The second kappa shape index (κ2) is 17.2. The molecule has 2 saturated heterocycles. The van der Waals surface area contributed by atoms with E-state index in [1.54, 1.807) is 18.4 Å². The van der Waals surface area contributed by atoms with Crippen molar-refractivity contribution in [3.63, 3.8) is 0 Å². The fourth-order valence-electron chi connectivity index (χ4n) is 6.46. The van der Waals surface area contributed by atoms with E-state index in [9.17, 15) is 14.4 Å². The Balaban J connectivity index is 1.33. The smallest absolute Gasteiger partial charge is 0.320 e. The van der Waals surface area contributed by atoms with Gasteiger partial charge in [-0.1, -0.05) is 41.3 Å². The highest BCUT2D eigenvalue weighted by Gasteiger charge is 2.36. The number of amides is 2. The third-order valence-corrected chi connectivity index (χ3v) is 9.49. The van der Waals surface area contributed by atoms with E-state index in [4.69, 9.17) is 14.2 Å². The average Bonchev–Trinajstić information content (AvgIpc) is 3.02. The van der Waals surface area contributed by atoms with Crippen LogP contribution in [0, 0.1) is 5.92 Å². The first-order chi connectivity index (χ1) is 20.9. The van der Waals surface area contributed by atoms with E-state index in [1.807, 2.05) is 30.9 Å². The zero-order valence-electron chi connectivity index (χ0n) is 25.7. The number of esters is 1. The van der Waals surface area contributed by atoms with E-state index in [-0.39, 0.29) is 35.9 Å². The molecule has 1 atom stereocenters. The lowest BCUT2D eigenvalue weighted by Crippen LogP contribution is -2.55. The van der Waals surface area contributed by atoms with Crippen LogP contribution in [0.15, 0.2) is 28.9 Å². The van der Waals surface area contributed by atoms with Gasteiger partial charge in [-0.2, -0.15) is 0 Å². The quantitative estimate of drug-likeness (QED) is 0.244. The van der Waals surface area contributed by atoms with Gasteiger partial charge in [0, 0.05) is 41.8 Å². The third kappa shape index (κ3) is 9.78. The molecule has 9 nitrogen and oxygen atoms in total. The molecule has 0 unspecified atom stereocenters. The van der Waals surface area contributed by atoms with Gasteiger partial charge in [-0.25, -0.2) is 0 Å². The van der Waals surface area contributed by atoms with Gasteiger partial charge in [-0.15, -0.1) is 0 Å². The monoisotopic (exact) mass is 661 g/mol. The summed E-state index contributed by atoms with van der Waals surface area (Å²) in [6.07, 6.45) is 12.3. The Hall–Kier alpha value is -2.43. The van der Waals surface area contributed by atoms with Crippen molar-refractivity contribution in [2.45, 2.75) is 89.9 Å². The number of halogens is 1. The first-order valence-electron chi connectivity index (χ1n) is 16.1. The maximum absolute atomic E-state index is 14.0. The summed E-state index contributed by atoms with van der Waals surface area (Å²) >= 11 is 3.57. The van der Waals surface area contributed by atoms with Crippen molar-refractivity contribution in [1.82, 2.24) is 15.1 Å². The molecule has 0 aromatic heterocycles. The zero-order valence-corrected chi connectivity index (χ0v) is 27.3. The number of ether oxygens (including phenoxy) is 3. The molecule has 3 fully saturated rings. The molecule has 1 saturated carbocycles. The molecular weight excluding hydrogens is 614 g/mol. The highest BCUT2D eigenvalue weighted by Crippen LogP contribution is 2.30. The minimum absolute atomic E-state index is 0.0207. The Morgan fingerprint density at radius 3 is 2.28 bits per heavy atom. The van der Waals surface area contributed by atoms with Gasteiger partial charge >= 0.3 is 5.97 Å². The van der Waals surface area contributed by atoms with Gasteiger partial charge in [0.15, 0.2) is 0 Å². The van der Waals surface area contributed by atoms with Crippen molar-refractivity contribution in [3.8, 4) is 0 Å². The largest absolute Gasteiger partial charge is 0.501 e. The van der Waals surface area contributed by atoms with E-state index >= 15 is 0 Å². The van der Waals surface area contributed by atoms with Crippen LogP contribution in [0.25, 0.3) is 6.08 Å². The highest BCUT2D eigenvalue weighted by atomic mass is 79.9. The van der Waals surface area contributed by atoms with Crippen LogP contribution in [0.4, 0.5) is 0 Å². The number of hydrogen-bond acceptors (Lipinski definition) is 7. The van der Waals surface area contributed by atoms with E-state index < -0.39 is 6.04 Å². The molecule has 2 heterocycles. The van der Waals surface area contributed by atoms with Crippen LogP contribution < -0.4 is 5.32 Å². The number of nitrogens with one attached hydrogen (secondary N) is 1. The van der Waals surface area contributed by atoms with Crippen molar-refractivity contribution < 1.29 is 28.6 Å². The Morgan fingerprint density at radius 2 is 1.63 bits per heavy atom. The Kier molecular flexibility index (Phi) is 13.4. The summed E-state index contributed by atoms with van der Waals surface area (Å²) in [6.45, 7) is 7.93. The maximum atomic E-state index is 14.0. The van der Waals surface area contributed by atoms with E-state index in [1.165, 1.54) is 6.42 Å². The van der Waals surface area contributed by atoms with Crippen LogP contribution in [0.1, 0.15) is 87.6 Å². The molecule has 3 aliphatic rings. The zero-order chi connectivity index (χ0) is 30.6. The molecule has 1 aromatic carbocycles. The normalized spacial score (nSPS) is 20.2. The van der Waals surface area contributed by atoms with Gasteiger partial charge in [-0.3, -0.25) is 19.3 Å². The van der Waals surface area contributed by atoms with Crippen LogP contribution in [-0.4, -0.2) is 91.8 Å². The molecular formula is C33H48BrN3O6. The molecule has 1 N–H and O–H groups in total. The molecule has 4 rings (SSSR count). The molecule has 10 heteroatoms. The molecule has 43 heavy (non-hydrogen) atoms. The fourth-order valence-corrected chi connectivity index (χ4v) is 6.96. The van der Waals surface area contributed by atoms with Crippen molar-refractivity contribution in [3.05, 3.63) is 40.1 Å². The lowest BCUT2D eigenvalue weighted by Gasteiger charge is -2.39. The number of piperidine rings is 2. The number of rotatable bonds is 12. The average molecular weight is 663 g/mol. The maximum Gasteiger partial charge on any atom is 0.320 e. The minimum atomic E-state index is -0.545. The van der Waals surface area contributed by atoms with E-state index in [0.717, 1.165) is 74.5 Å². The summed E-state index contributed by atoms with van der Waals surface area (Å²) < 4.78 is 17.7. The van der Waals surface area contributed by atoms with Gasteiger partial charge in [-0.05, 0) is 76.5 Å². The van der Waals surface area contributed by atoms with Crippen LogP contribution in [-0.2, 0) is 23.8 Å². The van der Waals surface area contributed by atoms with Crippen molar-refractivity contribution >= 4 is 39.8 Å². The Labute approximate surface area is 264 Å². The van der Waals surface area contributed by atoms with Gasteiger partial charge in [0.25, 0.3) is 5.91 Å². The van der Waals surface area contributed by atoms with Gasteiger partial charge in [0.05, 0.1) is 38.2 Å². The SMILES string of the molecule is CCO/C=C/c1c(Br)cccc1C(=O)N[C@@H](C(=O)N1CCC(OC2CCN(CC(=O)OCC)CC2)CC1)C1CCCCC1. The number of carbonyl (C=O) groups excluding carboxylic acids is 3. The second-order valence-electron chi connectivity index (χ2n) is 11.7. The Bertz CT molecular complexity index is 1090. The number of hydrogen-bond donors (Lipinski definition) is 1. The topological polar surface area (TPSA) is 97.4 Å². The van der Waals surface area contributed by atoms with Crippen LogP contribution in [0.3, 0.4) is 0 Å². The number of carbonyl (C=O) groups is 3. The van der Waals surface area contributed by atoms with Crippen molar-refractivity contribution in [2.75, 3.05) is 45.9 Å². The van der Waals surface area contributed by atoms with Crippen LogP contribution in [0.2, 0.25) is 0 Å². The summed E-state index contributed by atoms with van der Waals surface area (Å²) in [4.78, 5) is 43.5. The standard InChI is InChI=1S/C33H48BrN3O6/c1-3-41-22-17-27-28(11-8-12-29(27)34)32(39)35-31(24-9-6-5-7-10-24)33(40)37-20-15-26(16-21-37)43-25-13-18-36(19-14-25)23-30(38)42-4-2/h8,11-12,17,22,24-26,31H,3-7,9-10,13-16,18-21,23H2,1-2H3,(H,35,39)/b22-17+/t31-/m1/s1. The van der Waals surface area contributed by atoms with E-state index in [0.29, 0.717) is 38.4 Å². The summed E-state index contributed by atoms with van der Waals surface area (Å²) in [6, 6.07) is 4.98. The third-order valence-electron chi connectivity index (χ3n) is 8.80. The summed E-state index contributed by atoms with van der Waals surface area (Å²) in [5, 5.41) is 3.17. The predicted molar refractivity (Wildman–Crippen MR) is 169 cm³/mol. The van der Waals surface area contributed by atoms with Crippen LogP contribution in [0.5, 0.6) is 0 Å². The van der Waals surface area contributed by atoms with Gasteiger partial charge < -0.3 is 24.4 Å². The first-order valence-corrected chi connectivity index (χ1v) is 16.9. The van der Waals surface area contributed by atoms with Gasteiger partial charge in [0.1, 0.15) is 6.04 Å². The molecule has 0 spiro atoms. The predicted octanol–water partition coefficient (Wildman–Crippen LogP) is 5.17. The Morgan fingerprint density at radius 1 is 0.953 bits per heavy atom. The van der Waals surface area contributed by atoms with Crippen molar-refractivity contribution in [1.29, 1.82) is 0 Å². The summed E-state index contributed by atoms with van der Waals surface area (Å²) in [7, 11) is 0. The number of benzene rings is 1. The molecule has 2 aliphatic heterocycles. The van der Waals surface area contributed by atoms with E-state index in [2.05, 4.69) is 26.1 Å². The molecule has 1 aromatic rings. The summed E-state index contributed by atoms with van der Waals surface area (Å²) in [5.41, 5.74) is 1.24. The molecule has 0 radical (unpaired) electrons. The molecule has 2 amide bonds.